The molecule has 1 saturated heterocycles. The number of likely N-dealkylation sites (tertiary alicyclic amines) is 1. The molecule has 0 radical (unpaired) electrons. The Morgan fingerprint density at radius 3 is 2.68 bits per heavy atom. The van der Waals surface area contributed by atoms with Gasteiger partial charge in [0.2, 0.25) is 17.6 Å². The summed E-state index contributed by atoms with van der Waals surface area (Å²) in [5.41, 5.74) is 0.867. The van der Waals surface area contributed by atoms with Gasteiger partial charge in [0, 0.05) is 36.5 Å². The van der Waals surface area contributed by atoms with Crippen LogP contribution in [-0.4, -0.2) is 47.1 Å². The van der Waals surface area contributed by atoms with Gasteiger partial charge in [0.05, 0.1) is 0 Å². The van der Waals surface area contributed by atoms with Crippen LogP contribution in [0.1, 0.15) is 38.5 Å². The molecule has 1 amide bonds. The van der Waals surface area contributed by atoms with E-state index < -0.39 is 0 Å². The fourth-order valence-electron chi connectivity index (χ4n) is 3.36. The summed E-state index contributed by atoms with van der Waals surface area (Å²) in [5, 5.41) is 8.08. The number of carbonyl (C=O) groups is 1. The molecule has 1 N–H and O–H groups in total. The molecule has 28 heavy (non-hydrogen) atoms. The van der Waals surface area contributed by atoms with Crippen LogP contribution in [0.5, 0.6) is 0 Å². The van der Waals surface area contributed by atoms with Crippen molar-refractivity contribution in [2.75, 3.05) is 26.2 Å². The summed E-state index contributed by atoms with van der Waals surface area (Å²) >= 11 is 5.89. The quantitative estimate of drug-likeness (QED) is 0.690. The third kappa shape index (κ3) is 6.47. The molecule has 3 rings (SSSR count). The van der Waals surface area contributed by atoms with Crippen LogP contribution < -0.4 is 5.32 Å². The molecule has 8 heteroatoms. The summed E-state index contributed by atoms with van der Waals surface area (Å²) in [6.07, 6.45) is 4.04. The van der Waals surface area contributed by atoms with Crippen molar-refractivity contribution in [3.63, 3.8) is 0 Å². The van der Waals surface area contributed by atoms with Crippen LogP contribution in [0.2, 0.25) is 5.02 Å². The zero-order valence-electron chi connectivity index (χ0n) is 16.2. The van der Waals surface area contributed by atoms with E-state index in [-0.39, 0.29) is 18.3 Å². The maximum absolute atomic E-state index is 12.4. The Bertz CT molecular complexity index is 728. The number of aryl methyl sites for hydroxylation is 1. The zero-order chi connectivity index (χ0) is 19.1. The third-order valence-corrected chi connectivity index (χ3v) is 5.25. The number of aromatic nitrogens is 2. The highest BCUT2D eigenvalue weighted by Gasteiger charge is 2.22. The highest BCUT2D eigenvalue weighted by atomic mass is 35.5. The Morgan fingerprint density at radius 1 is 1.29 bits per heavy atom. The van der Waals surface area contributed by atoms with Crippen molar-refractivity contribution in [2.24, 2.45) is 5.92 Å². The molecular formula is C20H28Cl2N4O2. The van der Waals surface area contributed by atoms with E-state index in [1.165, 1.54) is 0 Å². The van der Waals surface area contributed by atoms with Gasteiger partial charge in [0.1, 0.15) is 0 Å². The van der Waals surface area contributed by atoms with Crippen molar-refractivity contribution >= 4 is 29.9 Å². The van der Waals surface area contributed by atoms with Gasteiger partial charge < -0.3 is 14.7 Å². The Labute approximate surface area is 177 Å². The topological polar surface area (TPSA) is 71.3 Å². The lowest BCUT2D eigenvalue weighted by atomic mass is 9.96. The van der Waals surface area contributed by atoms with Crippen LogP contribution in [0, 0.1) is 5.92 Å². The second-order valence-electron chi connectivity index (χ2n) is 7.00. The first kappa shape index (κ1) is 22.7. The molecule has 0 atom stereocenters. The second kappa shape index (κ2) is 11.4. The number of amides is 1. The summed E-state index contributed by atoms with van der Waals surface area (Å²) in [6, 6.07) is 7.32. The maximum atomic E-state index is 12.4. The van der Waals surface area contributed by atoms with Crippen molar-refractivity contribution in [1.82, 2.24) is 20.4 Å². The van der Waals surface area contributed by atoms with Crippen molar-refractivity contribution in [2.45, 2.75) is 39.0 Å². The van der Waals surface area contributed by atoms with Crippen molar-refractivity contribution in [3.05, 3.63) is 35.2 Å². The van der Waals surface area contributed by atoms with Crippen LogP contribution in [0.15, 0.2) is 28.8 Å². The average molecular weight is 427 g/mol. The van der Waals surface area contributed by atoms with E-state index in [1.54, 1.807) is 12.1 Å². The number of nitrogens with zero attached hydrogens (tertiary/aromatic N) is 3. The monoisotopic (exact) mass is 426 g/mol. The summed E-state index contributed by atoms with van der Waals surface area (Å²) in [5.74, 6) is 2.04. The highest BCUT2D eigenvalue weighted by Crippen LogP contribution is 2.20. The van der Waals surface area contributed by atoms with Gasteiger partial charge in [0.15, 0.2) is 0 Å². The van der Waals surface area contributed by atoms with Crippen molar-refractivity contribution in [3.8, 4) is 11.4 Å². The SMILES string of the molecule is CCNCC1CCN(C(=O)CCCc2nc(-c3ccc(Cl)cc3)no2)CC1.Cl. The first-order chi connectivity index (χ1) is 13.2. The van der Waals surface area contributed by atoms with Crippen LogP contribution in [-0.2, 0) is 11.2 Å². The lowest BCUT2D eigenvalue weighted by Crippen LogP contribution is -2.40. The Kier molecular flexibility index (Phi) is 9.22. The third-order valence-electron chi connectivity index (χ3n) is 5.00. The number of rotatable bonds is 8. The summed E-state index contributed by atoms with van der Waals surface area (Å²) in [7, 11) is 0. The second-order valence-corrected chi connectivity index (χ2v) is 7.44. The van der Waals surface area contributed by atoms with E-state index in [0.29, 0.717) is 35.5 Å². The molecule has 1 fully saturated rings. The van der Waals surface area contributed by atoms with Gasteiger partial charge in [-0.25, -0.2) is 0 Å². The van der Waals surface area contributed by atoms with E-state index in [4.69, 9.17) is 16.1 Å². The van der Waals surface area contributed by atoms with E-state index >= 15 is 0 Å². The molecule has 1 aliphatic rings. The minimum absolute atomic E-state index is 0. The fraction of sp³-hybridized carbons (Fsp3) is 0.550. The predicted molar refractivity (Wildman–Crippen MR) is 113 cm³/mol. The number of benzene rings is 1. The molecule has 0 bridgehead atoms. The zero-order valence-corrected chi connectivity index (χ0v) is 17.8. The van der Waals surface area contributed by atoms with Gasteiger partial charge in [-0.2, -0.15) is 4.98 Å². The molecule has 2 heterocycles. The molecule has 0 unspecified atom stereocenters. The van der Waals surface area contributed by atoms with E-state index in [1.807, 2.05) is 17.0 Å². The molecule has 154 valence electrons. The molecule has 0 spiro atoms. The fourth-order valence-corrected chi connectivity index (χ4v) is 3.48. The smallest absolute Gasteiger partial charge is 0.226 e. The van der Waals surface area contributed by atoms with Crippen LogP contribution >= 0.6 is 24.0 Å². The van der Waals surface area contributed by atoms with Gasteiger partial charge in [0.25, 0.3) is 0 Å². The van der Waals surface area contributed by atoms with E-state index in [9.17, 15) is 4.79 Å². The molecule has 0 aliphatic carbocycles. The van der Waals surface area contributed by atoms with Gasteiger partial charge in [-0.05, 0) is 62.5 Å². The average Bonchev–Trinajstić information content (AvgIpc) is 3.16. The van der Waals surface area contributed by atoms with Crippen LogP contribution in [0.4, 0.5) is 0 Å². The number of halogens is 2. The summed E-state index contributed by atoms with van der Waals surface area (Å²) in [4.78, 5) is 18.8. The van der Waals surface area contributed by atoms with Gasteiger partial charge >= 0.3 is 0 Å². The van der Waals surface area contributed by atoms with Crippen LogP contribution in [0.3, 0.4) is 0 Å². The van der Waals surface area contributed by atoms with E-state index in [0.717, 1.165) is 51.0 Å². The van der Waals surface area contributed by atoms with Crippen molar-refractivity contribution < 1.29 is 9.32 Å². The molecule has 2 aromatic rings. The highest BCUT2D eigenvalue weighted by molar-refractivity contribution is 6.30. The van der Waals surface area contributed by atoms with Crippen molar-refractivity contribution in [1.29, 1.82) is 0 Å². The predicted octanol–water partition coefficient (Wildman–Crippen LogP) is 3.98. The molecule has 6 nitrogen and oxygen atoms in total. The Hall–Kier alpha value is -1.63. The number of piperidine rings is 1. The van der Waals surface area contributed by atoms with Gasteiger partial charge in [-0.15, -0.1) is 12.4 Å². The molecule has 1 aromatic heterocycles. The van der Waals surface area contributed by atoms with Gasteiger partial charge in [-0.1, -0.05) is 23.7 Å². The molecule has 0 saturated carbocycles. The molecule has 1 aliphatic heterocycles. The van der Waals surface area contributed by atoms with Crippen LogP contribution in [0.25, 0.3) is 11.4 Å². The first-order valence-electron chi connectivity index (χ1n) is 9.72. The largest absolute Gasteiger partial charge is 0.343 e. The minimum atomic E-state index is 0. The lowest BCUT2D eigenvalue weighted by Gasteiger charge is -2.32. The number of nitrogens with one attached hydrogen (secondary N) is 1. The van der Waals surface area contributed by atoms with E-state index in [2.05, 4.69) is 22.4 Å². The number of carbonyl (C=O) groups excluding carboxylic acids is 1. The first-order valence-corrected chi connectivity index (χ1v) is 10.1. The molecular weight excluding hydrogens is 399 g/mol. The summed E-state index contributed by atoms with van der Waals surface area (Å²) < 4.78 is 5.30. The molecule has 1 aromatic carbocycles. The Morgan fingerprint density at radius 2 is 2.00 bits per heavy atom. The summed E-state index contributed by atoms with van der Waals surface area (Å²) in [6.45, 7) is 5.94. The normalized spacial score (nSPS) is 14.7. The van der Waals surface area contributed by atoms with Gasteiger partial charge in [-0.3, -0.25) is 4.79 Å². The minimum Gasteiger partial charge on any atom is -0.343 e. The number of hydrogen-bond donors (Lipinski definition) is 1. The number of hydrogen-bond acceptors (Lipinski definition) is 5. The lowest BCUT2D eigenvalue weighted by molar-refractivity contribution is -0.132. The maximum Gasteiger partial charge on any atom is 0.226 e. The standard InChI is InChI=1S/C20H27ClN4O2.ClH/c1-2-22-14-15-10-12-25(13-11-15)19(26)5-3-4-18-23-20(24-27-18)16-6-8-17(21)9-7-16;/h6-9,15,22H,2-5,10-14H2,1H3;1H. The Balaban J connectivity index is 0.00000280.